The Bertz CT molecular complexity index is 262. The summed E-state index contributed by atoms with van der Waals surface area (Å²) in [6.45, 7) is 9.32. The zero-order valence-corrected chi connectivity index (χ0v) is 11.0. The number of hydrogen-bond acceptors (Lipinski definition) is 2. The molecule has 0 amide bonds. The first-order valence-corrected chi connectivity index (χ1v) is 6.15. The third-order valence-corrected chi connectivity index (χ3v) is 2.68. The SMILES string of the molecule is CC(C)=CCC/C(C)=C/[C@H]1OCC[C@H](C)O1. The molecule has 1 rings (SSSR count). The Morgan fingerprint density at radius 3 is 2.69 bits per heavy atom. The average molecular weight is 224 g/mol. The van der Waals surface area contributed by atoms with Gasteiger partial charge in [0.1, 0.15) is 0 Å². The minimum absolute atomic E-state index is 0.129. The zero-order valence-electron chi connectivity index (χ0n) is 11.0. The van der Waals surface area contributed by atoms with Gasteiger partial charge in [-0.1, -0.05) is 17.2 Å². The van der Waals surface area contributed by atoms with Crippen LogP contribution in [0.2, 0.25) is 0 Å². The molecule has 0 aromatic rings. The monoisotopic (exact) mass is 224 g/mol. The molecule has 2 nitrogen and oxygen atoms in total. The molecule has 0 bridgehead atoms. The lowest BCUT2D eigenvalue weighted by atomic mass is 10.1. The first-order chi connectivity index (χ1) is 7.58. The Morgan fingerprint density at radius 2 is 2.06 bits per heavy atom. The lowest BCUT2D eigenvalue weighted by molar-refractivity contribution is -0.181. The summed E-state index contributed by atoms with van der Waals surface area (Å²) in [4.78, 5) is 0. The topological polar surface area (TPSA) is 18.5 Å². The molecule has 16 heavy (non-hydrogen) atoms. The highest BCUT2D eigenvalue weighted by Crippen LogP contribution is 2.16. The number of allylic oxidation sites excluding steroid dienone is 3. The van der Waals surface area contributed by atoms with Gasteiger partial charge >= 0.3 is 0 Å². The van der Waals surface area contributed by atoms with Gasteiger partial charge in [-0.3, -0.25) is 0 Å². The molecule has 1 heterocycles. The summed E-state index contributed by atoms with van der Waals surface area (Å²) in [5.74, 6) is 0. The molecule has 0 saturated carbocycles. The Labute approximate surface area is 99.3 Å². The molecule has 2 heteroatoms. The van der Waals surface area contributed by atoms with Crippen LogP contribution in [0.4, 0.5) is 0 Å². The van der Waals surface area contributed by atoms with E-state index >= 15 is 0 Å². The Balaban J connectivity index is 2.34. The molecular weight excluding hydrogens is 200 g/mol. The van der Waals surface area contributed by atoms with E-state index in [1.807, 2.05) is 0 Å². The van der Waals surface area contributed by atoms with Crippen LogP contribution in [0.5, 0.6) is 0 Å². The highest BCUT2D eigenvalue weighted by molar-refractivity contribution is 5.03. The van der Waals surface area contributed by atoms with E-state index < -0.39 is 0 Å². The molecule has 0 spiro atoms. The third kappa shape index (κ3) is 5.47. The van der Waals surface area contributed by atoms with Gasteiger partial charge in [-0.25, -0.2) is 0 Å². The van der Waals surface area contributed by atoms with Crippen LogP contribution in [-0.4, -0.2) is 19.0 Å². The Kier molecular flexibility index (Phi) is 5.78. The van der Waals surface area contributed by atoms with Gasteiger partial charge in [0.15, 0.2) is 6.29 Å². The van der Waals surface area contributed by atoms with Crippen LogP contribution in [0, 0.1) is 0 Å². The summed E-state index contributed by atoms with van der Waals surface area (Å²) < 4.78 is 11.2. The molecule has 1 aliphatic heterocycles. The van der Waals surface area contributed by atoms with E-state index in [1.54, 1.807) is 0 Å². The van der Waals surface area contributed by atoms with Crippen molar-refractivity contribution in [1.29, 1.82) is 0 Å². The van der Waals surface area contributed by atoms with Crippen LogP contribution in [0.1, 0.15) is 47.0 Å². The molecule has 1 fully saturated rings. The van der Waals surface area contributed by atoms with Crippen LogP contribution < -0.4 is 0 Å². The first-order valence-electron chi connectivity index (χ1n) is 6.15. The van der Waals surface area contributed by atoms with Gasteiger partial charge in [0.25, 0.3) is 0 Å². The molecular formula is C14H24O2. The summed E-state index contributed by atoms with van der Waals surface area (Å²) in [5, 5.41) is 0. The molecule has 0 aromatic heterocycles. The second kappa shape index (κ2) is 6.87. The standard InChI is InChI=1S/C14H24O2/c1-11(2)6-5-7-12(3)10-14-15-9-8-13(4)16-14/h6,10,13-14H,5,7-9H2,1-4H3/b12-10+/t13-,14-/m0/s1. The van der Waals surface area contributed by atoms with Crippen molar-refractivity contribution < 1.29 is 9.47 Å². The van der Waals surface area contributed by atoms with E-state index in [2.05, 4.69) is 39.8 Å². The fraction of sp³-hybridized carbons (Fsp3) is 0.714. The van der Waals surface area contributed by atoms with Crippen molar-refractivity contribution in [2.75, 3.05) is 6.61 Å². The molecule has 0 unspecified atom stereocenters. The zero-order chi connectivity index (χ0) is 12.0. The van der Waals surface area contributed by atoms with Gasteiger partial charge in [-0.15, -0.1) is 0 Å². The smallest absolute Gasteiger partial charge is 0.177 e. The van der Waals surface area contributed by atoms with Crippen LogP contribution in [-0.2, 0) is 9.47 Å². The maximum atomic E-state index is 5.67. The summed E-state index contributed by atoms with van der Waals surface area (Å²) in [6, 6.07) is 0. The lowest BCUT2D eigenvalue weighted by Gasteiger charge is -2.26. The molecule has 0 radical (unpaired) electrons. The Hall–Kier alpha value is -0.600. The predicted molar refractivity (Wildman–Crippen MR) is 67.3 cm³/mol. The molecule has 1 aliphatic rings. The van der Waals surface area contributed by atoms with Crippen molar-refractivity contribution in [2.24, 2.45) is 0 Å². The highest BCUT2D eigenvalue weighted by atomic mass is 16.7. The second-order valence-corrected chi connectivity index (χ2v) is 4.81. The van der Waals surface area contributed by atoms with Crippen LogP contribution >= 0.6 is 0 Å². The quantitative estimate of drug-likeness (QED) is 0.676. The van der Waals surface area contributed by atoms with Gasteiger partial charge in [0.05, 0.1) is 12.7 Å². The summed E-state index contributed by atoms with van der Waals surface area (Å²) in [7, 11) is 0. The minimum atomic E-state index is -0.129. The van der Waals surface area contributed by atoms with Gasteiger partial charge in [0, 0.05) is 0 Å². The maximum absolute atomic E-state index is 5.67. The maximum Gasteiger partial charge on any atom is 0.177 e. The van der Waals surface area contributed by atoms with Crippen LogP contribution in [0.3, 0.4) is 0 Å². The minimum Gasteiger partial charge on any atom is -0.349 e. The van der Waals surface area contributed by atoms with E-state index in [4.69, 9.17) is 9.47 Å². The van der Waals surface area contributed by atoms with E-state index in [9.17, 15) is 0 Å². The van der Waals surface area contributed by atoms with Crippen molar-refractivity contribution in [3.63, 3.8) is 0 Å². The van der Waals surface area contributed by atoms with Crippen molar-refractivity contribution in [3.05, 3.63) is 23.3 Å². The largest absolute Gasteiger partial charge is 0.349 e. The first kappa shape index (κ1) is 13.5. The predicted octanol–water partition coefficient (Wildman–Crippen LogP) is 3.83. The van der Waals surface area contributed by atoms with Crippen molar-refractivity contribution >= 4 is 0 Å². The second-order valence-electron chi connectivity index (χ2n) is 4.81. The normalized spacial score (nSPS) is 26.6. The van der Waals surface area contributed by atoms with E-state index in [0.29, 0.717) is 6.10 Å². The van der Waals surface area contributed by atoms with E-state index in [1.165, 1.54) is 11.1 Å². The van der Waals surface area contributed by atoms with Crippen LogP contribution in [0.25, 0.3) is 0 Å². The van der Waals surface area contributed by atoms with E-state index in [-0.39, 0.29) is 6.29 Å². The Morgan fingerprint density at radius 1 is 1.31 bits per heavy atom. The number of rotatable bonds is 4. The highest BCUT2D eigenvalue weighted by Gasteiger charge is 2.17. The molecule has 2 atom stereocenters. The van der Waals surface area contributed by atoms with Gasteiger partial charge in [-0.05, 0) is 53.0 Å². The fourth-order valence-corrected chi connectivity index (χ4v) is 1.68. The lowest BCUT2D eigenvalue weighted by Crippen LogP contribution is -2.29. The molecule has 0 aromatic carbocycles. The van der Waals surface area contributed by atoms with Gasteiger partial charge in [-0.2, -0.15) is 0 Å². The third-order valence-electron chi connectivity index (χ3n) is 2.68. The molecule has 0 N–H and O–H groups in total. The van der Waals surface area contributed by atoms with E-state index in [0.717, 1.165) is 25.9 Å². The molecule has 92 valence electrons. The van der Waals surface area contributed by atoms with Gasteiger partial charge in [0.2, 0.25) is 0 Å². The number of ether oxygens (including phenoxy) is 2. The summed E-state index contributed by atoms with van der Waals surface area (Å²) in [5.41, 5.74) is 2.73. The fourth-order valence-electron chi connectivity index (χ4n) is 1.68. The van der Waals surface area contributed by atoms with Crippen LogP contribution in [0.15, 0.2) is 23.3 Å². The molecule has 0 aliphatic carbocycles. The average Bonchev–Trinajstić information content (AvgIpc) is 2.16. The summed E-state index contributed by atoms with van der Waals surface area (Å²) in [6.07, 6.45) is 7.75. The van der Waals surface area contributed by atoms with Crippen molar-refractivity contribution in [2.45, 2.75) is 59.4 Å². The summed E-state index contributed by atoms with van der Waals surface area (Å²) >= 11 is 0. The number of hydrogen-bond donors (Lipinski definition) is 0. The molecule has 1 saturated heterocycles. The van der Waals surface area contributed by atoms with Gasteiger partial charge < -0.3 is 9.47 Å². The van der Waals surface area contributed by atoms with Crippen molar-refractivity contribution in [3.8, 4) is 0 Å². The van der Waals surface area contributed by atoms with Crippen molar-refractivity contribution in [1.82, 2.24) is 0 Å².